The minimum Gasteiger partial charge on any atom is -0.545 e. The largest absolute Gasteiger partial charge is 0.545 e. The van der Waals surface area contributed by atoms with Crippen LogP contribution in [0, 0.1) is 0 Å². The van der Waals surface area contributed by atoms with Gasteiger partial charge in [0.15, 0.2) is 12.4 Å². The van der Waals surface area contributed by atoms with Crippen LogP contribution in [0.3, 0.4) is 0 Å². The van der Waals surface area contributed by atoms with Crippen molar-refractivity contribution >= 4 is 17.9 Å². The van der Waals surface area contributed by atoms with Gasteiger partial charge >= 0.3 is 11.9 Å². The van der Waals surface area contributed by atoms with Crippen molar-refractivity contribution in [2.75, 3.05) is 47.5 Å². The van der Waals surface area contributed by atoms with Crippen LogP contribution in [0.4, 0.5) is 0 Å². The quantitative estimate of drug-likeness (QED) is 0.0195. The predicted molar refractivity (Wildman–Crippen MR) is 416 cm³/mol. The van der Waals surface area contributed by atoms with Crippen molar-refractivity contribution in [1.82, 2.24) is 0 Å². The number of unbranched alkanes of at least 4 members (excludes halogenated alkanes) is 22. The van der Waals surface area contributed by atoms with Crippen LogP contribution < -0.4 is 5.11 Å². The molecule has 9 nitrogen and oxygen atoms in total. The average Bonchev–Trinajstić information content (AvgIpc) is 3.27. The molecule has 0 saturated heterocycles. The van der Waals surface area contributed by atoms with Gasteiger partial charge in [-0.25, -0.2) is 0 Å². The molecular weight excluding hydrogens is 1200 g/mol. The molecule has 0 heterocycles. The molecule has 97 heavy (non-hydrogen) atoms. The van der Waals surface area contributed by atoms with E-state index in [0.717, 1.165) is 148 Å². The van der Waals surface area contributed by atoms with Crippen LogP contribution in [-0.2, 0) is 33.3 Å². The summed E-state index contributed by atoms with van der Waals surface area (Å²) in [6, 6.07) is 0. The Kier molecular flexibility index (Phi) is 71.3. The summed E-state index contributed by atoms with van der Waals surface area (Å²) in [7, 11) is 5.92. The molecule has 2 atom stereocenters. The Bertz CT molecular complexity index is 2310. The van der Waals surface area contributed by atoms with Crippen LogP contribution in [0.5, 0.6) is 0 Å². The summed E-state index contributed by atoms with van der Waals surface area (Å²) in [5.74, 6) is -2.31. The summed E-state index contributed by atoms with van der Waals surface area (Å²) in [6.07, 6.45) is 114. The molecule has 0 bridgehead atoms. The zero-order valence-corrected chi connectivity index (χ0v) is 62.4. The monoisotopic (exact) mass is 1340 g/mol. The number of carbonyl (C=O) groups is 3. The number of rotatable bonds is 69. The first-order chi connectivity index (χ1) is 47.6. The number of carboxylic acids is 1. The van der Waals surface area contributed by atoms with Crippen LogP contribution >= 0.6 is 0 Å². The summed E-state index contributed by atoms with van der Waals surface area (Å²) < 4.78 is 22.8. The lowest BCUT2D eigenvalue weighted by molar-refractivity contribution is -0.870. The maximum atomic E-state index is 13.0. The number of carbonyl (C=O) groups excluding carboxylic acids is 3. The highest BCUT2D eigenvalue weighted by Gasteiger charge is 2.22. The summed E-state index contributed by atoms with van der Waals surface area (Å²) in [6.45, 7) is 4.50. The lowest BCUT2D eigenvalue weighted by Crippen LogP contribution is -2.44. The molecule has 0 N–H and O–H groups in total. The van der Waals surface area contributed by atoms with E-state index in [1.807, 2.05) is 21.1 Å². The second kappa shape index (κ2) is 75.9. The third-order valence-corrected chi connectivity index (χ3v) is 15.8. The normalized spacial score (nSPS) is 13.8. The highest BCUT2D eigenvalue weighted by molar-refractivity contribution is 5.70. The van der Waals surface area contributed by atoms with Gasteiger partial charge in [0.25, 0.3) is 0 Å². The van der Waals surface area contributed by atoms with E-state index in [0.29, 0.717) is 17.4 Å². The molecule has 0 aliphatic rings. The Balaban J connectivity index is 4.16. The van der Waals surface area contributed by atoms with Gasteiger partial charge in [-0.05, 0) is 141 Å². The topological polar surface area (TPSA) is 111 Å². The first-order valence-electron chi connectivity index (χ1n) is 38.6. The van der Waals surface area contributed by atoms with Gasteiger partial charge in [0.1, 0.15) is 13.2 Å². The molecule has 9 heteroatoms. The Morgan fingerprint density at radius 3 is 0.825 bits per heavy atom. The minimum atomic E-state index is -1.64. The van der Waals surface area contributed by atoms with Crippen LogP contribution in [0.2, 0.25) is 0 Å². The van der Waals surface area contributed by atoms with Crippen LogP contribution in [0.15, 0.2) is 194 Å². The molecule has 0 fully saturated rings. The van der Waals surface area contributed by atoms with Gasteiger partial charge in [0.05, 0.1) is 40.3 Å². The molecule has 2 unspecified atom stereocenters. The van der Waals surface area contributed by atoms with E-state index in [1.165, 1.54) is 103 Å². The number of allylic oxidation sites excluding steroid dienone is 32. The van der Waals surface area contributed by atoms with E-state index in [4.69, 9.17) is 18.9 Å². The van der Waals surface area contributed by atoms with Crippen LogP contribution in [0.1, 0.15) is 284 Å². The Labute approximate surface area is 595 Å². The van der Waals surface area contributed by atoms with Crippen molar-refractivity contribution in [3.63, 3.8) is 0 Å². The van der Waals surface area contributed by atoms with Crippen molar-refractivity contribution < 1.29 is 42.9 Å². The zero-order chi connectivity index (χ0) is 70.4. The van der Waals surface area contributed by atoms with E-state index >= 15 is 0 Å². The molecule has 0 aliphatic carbocycles. The molecule has 0 radical (unpaired) electrons. The number of esters is 2. The van der Waals surface area contributed by atoms with Gasteiger partial charge in [-0.2, -0.15) is 0 Å². The highest BCUT2D eigenvalue weighted by Crippen LogP contribution is 2.16. The van der Waals surface area contributed by atoms with Crippen molar-refractivity contribution in [1.29, 1.82) is 0 Å². The van der Waals surface area contributed by atoms with Crippen LogP contribution in [-0.4, -0.2) is 82.3 Å². The van der Waals surface area contributed by atoms with Crippen molar-refractivity contribution in [2.45, 2.75) is 296 Å². The standard InChI is InChI=1S/C88H141NO8/c1-6-8-10-12-14-16-18-20-22-24-26-28-30-32-34-36-38-39-40-41-42-43-44-45-46-47-49-51-53-55-57-59-61-63-65-67-69-71-73-75-77-79-86(91)97-84(83-96-88(87(92)93)94-81-80-89(3,4)5)82-95-85(90)78-76-74-72-70-68-66-64-62-60-58-56-54-52-50-48-37-35-33-31-29-27-25-23-21-19-17-15-13-11-9-7-2/h8-11,14-17,20-23,26-29,32-35,38-39,41-42,44-45,47,49,53,55,59,61,84,88H,6-7,12-13,18-19,24-25,30-31,36-37,40,43,46,48,50-52,54,56-58,60,62-83H2,1-5H3/b10-8-,11-9-,16-14-,17-15-,22-20-,23-21-,28-26-,29-27-,34-32-,35-33-,39-38-,42-41-,45-44-,49-47-,55-53-,61-59-. The fourth-order valence-electron chi connectivity index (χ4n) is 10.0. The predicted octanol–water partition coefficient (Wildman–Crippen LogP) is 23.6. The zero-order valence-electron chi connectivity index (χ0n) is 62.4. The average molecular weight is 1340 g/mol. The molecule has 0 rings (SSSR count). The fraction of sp³-hybridized carbons (Fsp3) is 0.602. The van der Waals surface area contributed by atoms with Crippen molar-refractivity contribution in [3.05, 3.63) is 194 Å². The maximum absolute atomic E-state index is 13.0. The van der Waals surface area contributed by atoms with E-state index < -0.39 is 24.3 Å². The summed E-state index contributed by atoms with van der Waals surface area (Å²) >= 11 is 0. The molecule has 0 aromatic heterocycles. The number of hydrogen-bond donors (Lipinski definition) is 0. The number of aliphatic carboxylic acids is 1. The molecular formula is C88H141NO8. The number of ether oxygens (including phenoxy) is 4. The van der Waals surface area contributed by atoms with Crippen molar-refractivity contribution in [2.24, 2.45) is 0 Å². The molecule has 546 valence electrons. The van der Waals surface area contributed by atoms with Gasteiger partial charge in [0, 0.05) is 12.8 Å². The maximum Gasteiger partial charge on any atom is 0.306 e. The van der Waals surface area contributed by atoms with Crippen molar-refractivity contribution in [3.8, 4) is 0 Å². The van der Waals surface area contributed by atoms with Gasteiger partial charge in [-0.1, -0.05) is 324 Å². The number of carboxylic acid groups (broad SMARTS) is 1. The SMILES string of the molecule is CC/C=C\C/C=C\C/C=C\C/C=C\C/C=C\C/C=C\C/C=C\C/C=C\C/C=C\C/C=C\C/C=C\CCCCCCCCCC(=O)OC(COC(=O)CCCCCCCCCCCCCCCCC/C=C\C/C=C\C/C=C\C/C=C\C/C=C\CC)COC(OCC[N+](C)(C)C)C(=O)[O-]. The lowest BCUT2D eigenvalue weighted by Gasteiger charge is -2.26. The van der Waals surface area contributed by atoms with E-state index in [1.54, 1.807) is 0 Å². The second-order valence-electron chi connectivity index (χ2n) is 26.2. The fourth-order valence-corrected chi connectivity index (χ4v) is 10.0. The minimum absolute atomic E-state index is 0.136. The number of nitrogens with zero attached hydrogens (tertiary/aromatic N) is 1. The van der Waals surface area contributed by atoms with Gasteiger partial charge < -0.3 is 33.3 Å². The molecule has 0 amide bonds. The Hall–Kier alpha value is -5.87. The molecule has 0 saturated carbocycles. The van der Waals surface area contributed by atoms with E-state index in [-0.39, 0.29) is 38.6 Å². The number of quaternary nitrogens is 1. The van der Waals surface area contributed by atoms with E-state index in [9.17, 15) is 19.5 Å². The summed E-state index contributed by atoms with van der Waals surface area (Å²) in [5, 5.41) is 11.9. The molecule has 0 aromatic rings. The van der Waals surface area contributed by atoms with Gasteiger partial charge in [-0.15, -0.1) is 0 Å². The smallest absolute Gasteiger partial charge is 0.306 e. The van der Waals surface area contributed by atoms with Gasteiger partial charge in [0.2, 0.25) is 0 Å². The third-order valence-electron chi connectivity index (χ3n) is 15.8. The number of likely N-dealkylation sites (N-methyl/N-ethyl adjacent to an activating group) is 1. The summed E-state index contributed by atoms with van der Waals surface area (Å²) in [4.78, 5) is 37.6. The highest BCUT2D eigenvalue weighted by atomic mass is 16.7. The second-order valence-corrected chi connectivity index (χ2v) is 26.2. The third kappa shape index (κ3) is 77.4. The molecule has 0 aliphatic heterocycles. The lowest BCUT2D eigenvalue weighted by atomic mass is 10.0. The first-order valence-corrected chi connectivity index (χ1v) is 38.6. The Morgan fingerprint density at radius 1 is 0.309 bits per heavy atom. The van der Waals surface area contributed by atoms with Crippen LogP contribution in [0.25, 0.3) is 0 Å². The van der Waals surface area contributed by atoms with Gasteiger partial charge in [-0.3, -0.25) is 9.59 Å². The molecule has 0 aromatic carbocycles. The molecule has 0 spiro atoms. The number of hydrogen-bond acceptors (Lipinski definition) is 8. The Morgan fingerprint density at radius 2 is 0.557 bits per heavy atom. The summed E-state index contributed by atoms with van der Waals surface area (Å²) in [5.41, 5.74) is 0. The van der Waals surface area contributed by atoms with E-state index in [2.05, 4.69) is 208 Å². The first kappa shape index (κ1) is 91.1.